The highest BCUT2D eigenvalue weighted by molar-refractivity contribution is 7.89. The van der Waals surface area contributed by atoms with E-state index in [1.165, 1.54) is 12.1 Å². The molecule has 0 atom stereocenters. The van der Waals surface area contributed by atoms with Gasteiger partial charge < -0.3 is 5.53 Å². The van der Waals surface area contributed by atoms with Crippen LogP contribution in [0.1, 0.15) is 11.1 Å². The molecule has 3 rings (SSSR count). The lowest BCUT2D eigenvalue weighted by atomic mass is 10.1. The fourth-order valence-corrected chi connectivity index (χ4v) is 4.42. The summed E-state index contributed by atoms with van der Waals surface area (Å²) in [5, 5.41) is 0. The van der Waals surface area contributed by atoms with E-state index in [0.717, 1.165) is 6.07 Å². The van der Waals surface area contributed by atoms with Gasteiger partial charge in [0.25, 0.3) is 31.6 Å². The molecule has 0 spiro atoms. The van der Waals surface area contributed by atoms with Gasteiger partial charge in [-0.25, -0.2) is 4.70 Å². The molecule has 0 fully saturated rings. The van der Waals surface area contributed by atoms with E-state index in [9.17, 15) is 31.5 Å². The van der Waals surface area contributed by atoms with Gasteiger partial charge >= 0.3 is 0 Å². The molecule has 0 unspecified atom stereocenters. The molecule has 2 aromatic rings. The highest BCUT2D eigenvalue weighted by Gasteiger charge is 2.44. The SMILES string of the molecule is [N-]=[N+]1C(c2ccccc2)=C1c1cccc(S(=O)(=O)O)c1S(=O)(=O)O. The molecule has 0 saturated heterocycles. The van der Waals surface area contributed by atoms with E-state index in [0.29, 0.717) is 10.3 Å². The first-order valence-electron chi connectivity index (χ1n) is 6.49. The molecule has 0 bridgehead atoms. The smallest absolute Gasteiger partial charge is 0.296 e. The Morgan fingerprint density at radius 1 is 0.792 bits per heavy atom. The van der Waals surface area contributed by atoms with Gasteiger partial charge in [0, 0.05) is 0 Å². The van der Waals surface area contributed by atoms with Gasteiger partial charge in [0.1, 0.15) is 9.79 Å². The molecule has 1 aliphatic heterocycles. The van der Waals surface area contributed by atoms with Gasteiger partial charge in [-0.1, -0.05) is 24.3 Å². The third-order valence-electron chi connectivity index (χ3n) is 3.42. The molecule has 0 aliphatic carbocycles. The highest BCUT2D eigenvalue weighted by Crippen LogP contribution is 2.45. The first-order chi connectivity index (χ1) is 11.1. The summed E-state index contributed by atoms with van der Waals surface area (Å²) < 4.78 is 65.4. The van der Waals surface area contributed by atoms with Crippen molar-refractivity contribution in [1.29, 1.82) is 0 Å². The first-order valence-corrected chi connectivity index (χ1v) is 9.37. The van der Waals surface area contributed by atoms with Gasteiger partial charge in [-0.05, 0) is 24.3 Å². The predicted octanol–water partition coefficient (Wildman–Crippen LogP) is 2.05. The van der Waals surface area contributed by atoms with E-state index in [-0.39, 0.29) is 17.0 Å². The lowest BCUT2D eigenvalue weighted by Crippen LogP contribution is -2.10. The van der Waals surface area contributed by atoms with E-state index in [1.54, 1.807) is 30.3 Å². The second-order valence-electron chi connectivity index (χ2n) is 4.96. The molecular weight excluding hydrogens is 356 g/mol. The Labute approximate surface area is 137 Å². The van der Waals surface area contributed by atoms with Crippen LogP contribution in [0.15, 0.2) is 58.3 Å². The Bertz CT molecular complexity index is 1100. The van der Waals surface area contributed by atoms with Gasteiger partial charge in [-0.3, -0.25) is 9.11 Å². The number of hydrogen-bond donors (Lipinski definition) is 2. The maximum Gasteiger partial charge on any atom is 0.296 e. The minimum Gasteiger partial charge on any atom is -0.493 e. The second kappa shape index (κ2) is 5.31. The zero-order chi connectivity index (χ0) is 17.7. The maximum absolute atomic E-state index is 11.7. The standard InChI is InChI=1S/C14H10N2O6S2/c15-16-12(9-5-2-1-3-6-9)13(16)10-7-4-8-11(23(17,18)19)14(10)24(20,21)22/h1-8H,(H,17,18,19)(H,20,21,22). The monoisotopic (exact) mass is 366 g/mol. The number of benzene rings is 2. The van der Waals surface area contributed by atoms with Crippen molar-refractivity contribution in [3.63, 3.8) is 0 Å². The highest BCUT2D eigenvalue weighted by atomic mass is 32.2. The van der Waals surface area contributed by atoms with Crippen LogP contribution in [0.25, 0.3) is 16.9 Å². The molecule has 0 radical (unpaired) electrons. The topological polar surface area (TPSA) is 134 Å². The van der Waals surface area contributed by atoms with Gasteiger partial charge in [-0.2, -0.15) is 16.8 Å². The van der Waals surface area contributed by atoms with Crippen molar-refractivity contribution < 1.29 is 30.6 Å². The van der Waals surface area contributed by atoms with Gasteiger partial charge in [-0.15, -0.1) is 0 Å². The van der Waals surface area contributed by atoms with Crippen LogP contribution >= 0.6 is 0 Å². The van der Waals surface area contributed by atoms with Crippen LogP contribution in [0.4, 0.5) is 0 Å². The normalized spacial score (nSPS) is 14.8. The Hall–Kier alpha value is -2.40. The summed E-state index contributed by atoms with van der Waals surface area (Å²) in [6, 6.07) is 11.7. The Balaban J connectivity index is 2.32. The van der Waals surface area contributed by atoms with Crippen molar-refractivity contribution in [3.8, 4) is 0 Å². The molecule has 1 aliphatic rings. The average Bonchev–Trinajstić information content (AvgIpc) is 3.17. The van der Waals surface area contributed by atoms with E-state index in [1.807, 2.05) is 0 Å². The molecular formula is C14H10N2O6S2. The summed E-state index contributed by atoms with van der Waals surface area (Å²) >= 11 is 0. The van der Waals surface area contributed by atoms with Crippen LogP contribution in [0.5, 0.6) is 0 Å². The van der Waals surface area contributed by atoms with Crippen LogP contribution in [0, 0.1) is 0 Å². The largest absolute Gasteiger partial charge is 0.493 e. The minimum absolute atomic E-state index is 0.0133. The van der Waals surface area contributed by atoms with E-state index in [4.69, 9.17) is 0 Å². The van der Waals surface area contributed by atoms with Crippen molar-refractivity contribution in [2.45, 2.75) is 9.79 Å². The van der Waals surface area contributed by atoms with Gasteiger partial charge in [0.05, 0.1) is 11.1 Å². The van der Waals surface area contributed by atoms with Crippen LogP contribution in [0.3, 0.4) is 0 Å². The molecule has 2 aromatic carbocycles. The summed E-state index contributed by atoms with van der Waals surface area (Å²) in [5.41, 5.74) is 10.5. The minimum atomic E-state index is -4.99. The van der Waals surface area contributed by atoms with Crippen LogP contribution in [-0.4, -0.2) is 30.6 Å². The van der Waals surface area contributed by atoms with Crippen molar-refractivity contribution in [2.75, 3.05) is 0 Å². The molecule has 0 aromatic heterocycles. The fourth-order valence-electron chi connectivity index (χ4n) is 2.42. The third-order valence-corrected chi connectivity index (χ3v) is 5.40. The van der Waals surface area contributed by atoms with Crippen molar-refractivity contribution >= 4 is 31.6 Å². The van der Waals surface area contributed by atoms with Crippen molar-refractivity contribution in [1.82, 2.24) is 0 Å². The molecule has 24 heavy (non-hydrogen) atoms. The number of rotatable bonds is 4. The van der Waals surface area contributed by atoms with E-state index in [2.05, 4.69) is 0 Å². The van der Waals surface area contributed by atoms with Crippen LogP contribution < -0.4 is 0 Å². The maximum atomic E-state index is 11.7. The summed E-state index contributed by atoms with van der Waals surface area (Å²) in [4.78, 5) is -1.96. The van der Waals surface area contributed by atoms with Crippen LogP contribution in [0.2, 0.25) is 0 Å². The Kier molecular flexibility index (Phi) is 3.64. The molecule has 0 amide bonds. The molecule has 124 valence electrons. The summed E-state index contributed by atoms with van der Waals surface area (Å²) in [6.45, 7) is 0. The van der Waals surface area contributed by atoms with Crippen molar-refractivity contribution in [3.05, 3.63) is 65.2 Å². The zero-order valence-corrected chi connectivity index (χ0v) is 13.5. The number of hydrogen-bond acceptors (Lipinski definition) is 4. The molecule has 1 heterocycles. The molecule has 8 nitrogen and oxygen atoms in total. The quantitative estimate of drug-likeness (QED) is 0.628. The van der Waals surface area contributed by atoms with E-state index < -0.39 is 30.0 Å². The van der Waals surface area contributed by atoms with Gasteiger partial charge in [0.15, 0.2) is 0 Å². The second-order valence-corrected chi connectivity index (χ2v) is 7.71. The summed E-state index contributed by atoms with van der Waals surface area (Å²) in [7, 11) is -9.90. The summed E-state index contributed by atoms with van der Waals surface area (Å²) in [5.74, 6) is 0. The van der Waals surface area contributed by atoms with Crippen molar-refractivity contribution in [2.24, 2.45) is 0 Å². The lowest BCUT2D eigenvalue weighted by Gasteiger charge is -2.06. The Morgan fingerprint density at radius 2 is 1.42 bits per heavy atom. The molecule has 0 saturated carbocycles. The average molecular weight is 366 g/mol. The molecule has 2 N–H and O–H groups in total. The zero-order valence-electron chi connectivity index (χ0n) is 11.9. The third kappa shape index (κ3) is 2.76. The molecule has 10 heteroatoms. The van der Waals surface area contributed by atoms with E-state index >= 15 is 0 Å². The first kappa shape index (κ1) is 16.5. The number of nitrogens with zero attached hydrogens (tertiary/aromatic N) is 2. The van der Waals surface area contributed by atoms with Crippen LogP contribution in [-0.2, 0) is 20.2 Å². The Morgan fingerprint density at radius 3 is 1.96 bits per heavy atom. The fraction of sp³-hybridized carbons (Fsp3) is 0. The predicted molar refractivity (Wildman–Crippen MR) is 82.9 cm³/mol. The van der Waals surface area contributed by atoms with Gasteiger partial charge in [0.2, 0.25) is 0 Å². The summed E-state index contributed by atoms with van der Waals surface area (Å²) in [6.07, 6.45) is 0. The lowest BCUT2D eigenvalue weighted by molar-refractivity contribution is -0.277.